The molecule has 0 radical (unpaired) electrons. The van der Waals surface area contributed by atoms with Gasteiger partial charge in [0.05, 0.1) is 12.8 Å². The smallest absolute Gasteiger partial charge is 0.251 e. The first-order valence-corrected chi connectivity index (χ1v) is 11.0. The summed E-state index contributed by atoms with van der Waals surface area (Å²) >= 11 is 0. The summed E-state index contributed by atoms with van der Waals surface area (Å²) in [4.78, 5) is 27.0. The Balaban J connectivity index is 1.30. The number of amides is 2. The summed E-state index contributed by atoms with van der Waals surface area (Å²) in [5, 5.41) is 3.98. The Kier molecular flexibility index (Phi) is 5.81. The summed E-state index contributed by atoms with van der Waals surface area (Å²) in [6, 6.07) is 20.9. The Bertz CT molecular complexity index is 1250. The molecule has 1 aliphatic carbocycles. The van der Waals surface area contributed by atoms with Crippen molar-refractivity contribution in [2.45, 2.75) is 32.0 Å². The third-order valence-electron chi connectivity index (χ3n) is 5.58. The maximum atomic E-state index is 13.1. The number of para-hydroxylation sites is 1. The van der Waals surface area contributed by atoms with Crippen molar-refractivity contribution in [3.8, 4) is 0 Å². The van der Waals surface area contributed by atoms with Crippen molar-refractivity contribution in [2.24, 2.45) is 0 Å². The van der Waals surface area contributed by atoms with Gasteiger partial charge in [0.2, 0.25) is 5.91 Å². The fraction of sp³-hybridized carbons (Fsp3) is 0.185. The van der Waals surface area contributed by atoms with Crippen molar-refractivity contribution in [3.05, 3.63) is 102 Å². The number of hydrogen-bond donors (Lipinski definition) is 1. The molecule has 0 aliphatic heterocycles. The van der Waals surface area contributed by atoms with Crippen molar-refractivity contribution in [1.82, 2.24) is 10.2 Å². The van der Waals surface area contributed by atoms with Crippen LogP contribution in [0.25, 0.3) is 17.0 Å². The largest absolute Gasteiger partial charge is 0.467 e. The van der Waals surface area contributed by atoms with E-state index in [1.165, 1.54) is 6.08 Å². The first-order valence-electron chi connectivity index (χ1n) is 11.0. The van der Waals surface area contributed by atoms with Crippen LogP contribution in [0.1, 0.15) is 40.3 Å². The minimum absolute atomic E-state index is 0.0543. The van der Waals surface area contributed by atoms with Crippen molar-refractivity contribution < 1.29 is 18.4 Å². The van der Waals surface area contributed by atoms with Gasteiger partial charge in [0.1, 0.15) is 17.1 Å². The van der Waals surface area contributed by atoms with E-state index in [9.17, 15) is 9.59 Å². The number of furan rings is 2. The zero-order valence-corrected chi connectivity index (χ0v) is 18.1. The standard InChI is InChI=1S/C27H24N2O4/c30-26(14-13-23-16-21-4-1-2-6-25(21)33-23)29(18-24-5-3-15-32-24)17-19-7-9-20(10-8-19)27(31)28-22-11-12-22/h1-10,13-16,22H,11-12,17-18H2,(H,28,31)/b14-13+. The molecule has 6 heteroatoms. The lowest BCUT2D eigenvalue weighted by atomic mass is 10.1. The predicted molar refractivity (Wildman–Crippen MR) is 125 cm³/mol. The first-order chi connectivity index (χ1) is 16.1. The summed E-state index contributed by atoms with van der Waals surface area (Å²) in [5.41, 5.74) is 2.33. The number of carbonyl (C=O) groups excluding carboxylic acids is 2. The van der Waals surface area contributed by atoms with E-state index in [0.717, 1.165) is 29.4 Å². The van der Waals surface area contributed by atoms with E-state index < -0.39 is 0 Å². The average Bonchev–Trinajstić information content (AvgIpc) is 3.32. The molecule has 1 aliphatic rings. The SMILES string of the molecule is O=C(NC1CC1)c1ccc(CN(Cc2ccco2)C(=O)/C=C/c2cc3ccccc3o2)cc1. The fourth-order valence-corrected chi connectivity index (χ4v) is 3.62. The van der Waals surface area contributed by atoms with E-state index in [4.69, 9.17) is 8.83 Å². The van der Waals surface area contributed by atoms with Crippen LogP contribution in [-0.2, 0) is 17.9 Å². The third kappa shape index (κ3) is 5.23. The van der Waals surface area contributed by atoms with Gasteiger partial charge in [0, 0.05) is 29.6 Å². The lowest BCUT2D eigenvalue weighted by Crippen LogP contribution is -2.28. The van der Waals surface area contributed by atoms with E-state index >= 15 is 0 Å². The Morgan fingerprint density at radius 1 is 1.00 bits per heavy atom. The molecule has 33 heavy (non-hydrogen) atoms. The van der Waals surface area contributed by atoms with Crippen LogP contribution in [0.2, 0.25) is 0 Å². The molecule has 166 valence electrons. The number of nitrogens with one attached hydrogen (secondary N) is 1. The number of fused-ring (bicyclic) bond motifs is 1. The molecule has 0 saturated heterocycles. The number of rotatable bonds is 8. The molecule has 5 rings (SSSR count). The van der Waals surface area contributed by atoms with Crippen molar-refractivity contribution in [1.29, 1.82) is 0 Å². The summed E-state index contributed by atoms with van der Waals surface area (Å²) in [6.07, 6.45) is 6.89. The van der Waals surface area contributed by atoms with Gasteiger partial charge >= 0.3 is 0 Å². The number of carbonyl (C=O) groups is 2. The minimum Gasteiger partial charge on any atom is -0.467 e. The molecule has 1 fully saturated rings. The lowest BCUT2D eigenvalue weighted by molar-refractivity contribution is -0.127. The normalized spacial score (nSPS) is 13.5. The molecule has 2 heterocycles. The van der Waals surface area contributed by atoms with Gasteiger partial charge in [-0.25, -0.2) is 0 Å². The summed E-state index contributed by atoms with van der Waals surface area (Å²) in [7, 11) is 0. The highest BCUT2D eigenvalue weighted by atomic mass is 16.3. The number of benzene rings is 2. The number of hydrogen-bond acceptors (Lipinski definition) is 4. The van der Waals surface area contributed by atoms with Crippen molar-refractivity contribution in [3.63, 3.8) is 0 Å². The maximum Gasteiger partial charge on any atom is 0.251 e. The van der Waals surface area contributed by atoms with Gasteiger partial charge in [-0.3, -0.25) is 9.59 Å². The van der Waals surface area contributed by atoms with Gasteiger partial charge in [0.25, 0.3) is 5.91 Å². The highest BCUT2D eigenvalue weighted by molar-refractivity contribution is 5.94. The Labute approximate surface area is 191 Å². The predicted octanol–water partition coefficient (Wildman–Crippen LogP) is 5.16. The van der Waals surface area contributed by atoms with E-state index in [0.29, 0.717) is 36.2 Å². The Morgan fingerprint density at radius 2 is 1.82 bits per heavy atom. The van der Waals surface area contributed by atoms with Gasteiger partial charge in [-0.05, 0) is 60.9 Å². The van der Waals surface area contributed by atoms with Gasteiger partial charge in [-0.2, -0.15) is 0 Å². The molecule has 2 amide bonds. The summed E-state index contributed by atoms with van der Waals surface area (Å²) in [5.74, 6) is 1.10. The van der Waals surface area contributed by atoms with Gasteiger partial charge in [0.15, 0.2) is 0 Å². The van der Waals surface area contributed by atoms with E-state index in [-0.39, 0.29) is 11.8 Å². The van der Waals surface area contributed by atoms with Crippen molar-refractivity contribution >= 4 is 28.9 Å². The molecule has 2 aromatic heterocycles. The van der Waals surface area contributed by atoms with Gasteiger partial charge < -0.3 is 19.1 Å². The van der Waals surface area contributed by atoms with Crippen LogP contribution in [0.4, 0.5) is 0 Å². The zero-order chi connectivity index (χ0) is 22.6. The van der Waals surface area contributed by atoms with Crippen LogP contribution >= 0.6 is 0 Å². The topological polar surface area (TPSA) is 75.7 Å². The fourth-order valence-electron chi connectivity index (χ4n) is 3.62. The lowest BCUT2D eigenvalue weighted by Gasteiger charge is -2.20. The Hall–Kier alpha value is -4.06. The van der Waals surface area contributed by atoms with Crippen molar-refractivity contribution in [2.75, 3.05) is 0 Å². The minimum atomic E-state index is -0.164. The van der Waals surface area contributed by atoms with Crippen LogP contribution in [0.5, 0.6) is 0 Å². The van der Waals surface area contributed by atoms with Gasteiger partial charge in [-0.1, -0.05) is 30.3 Å². The van der Waals surface area contributed by atoms with Crippen LogP contribution in [-0.4, -0.2) is 22.8 Å². The van der Waals surface area contributed by atoms with E-state index in [1.54, 1.807) is 35.4 Å². The quantitative estimate of drug-likeness (QED) is 0.384. The molecule has 6 nitrogen and oxygen atoms in total. The molecular formula is C27H24N2O4. The highest BCUT2D eigenvalue weighted by Crippen LogP contribution is 2.21. The second kappa shape index (κ2) is 9.20. The highest BCUT2D eigenvalue weighted by Gasteiger charge is 2.23. The second-order valence-corrected chi connectivity index (χ2v) is 8.24. The summed E-state index contributed by atoms with van der Waals surface area (Å²) in [6.45, 7) is 0.717. The van der Waals surface area contributed by atoms with E-state index in [1.807, 2.05) is 48.5 Å². The first kappa shape index (κ1) is 20.8. The average molecular weight is 440 g/mol. The molecule has 1 N–H and O–H groups in total. The van der Waals surface area contributed by atoms with E-state index in [2.05, 4.69) is 5.32 Å². The molecule has 0 unspecified atom stereocenters. The van der Waals surface area contributed by atoms with Crippen LogP contribution in [0.15, 0.2) is 87.9 Å². The molecular weight excluding hydrogens is 416 g/mol. The Morgan fingerprint density at radius 3 is 2.55 bits per heavy atom. The maximum absolute atomic E-state index is 13.1. The third-order valence-corrected chi connectivity index (χ3v) is 5.58. The molecule has 0 spiro atoms. The molecule has 0 atom stereocenters. The summed E-state index contributed by atoms with van der Waals surface area (Å²) < 4.78 is 11.2. The van der Waals surface area contributed by atoms with Crippen LogP contribution < -0.4 is 5.32 Å². The van der Waals surface area contributed by atoms with Gasteiger partial charge in [-0.15, -0.1) is 0 Å². The molecule has 4 aromatic rings. The second-order valence-electron chi connectivity index (χ2n) is 8.24. The van der Waals surface area contributed by atoms with Crippen LogP contribution in [0.3, 0.4) is 0 Å². The zero-order valence-electron chi connectivity index (χ0n) is 18.1. The molecule has 2 aromatic carbocycles. The molecule has 1 saturated carbocycles. The number of nitrogens with zero attached hydrogens (tertiary/aromatic N) is 1. The van der Waals surface area contributed by atoms with Crippen LogP contribution in [0, 0.1) is 0 Å². The monoisotopic (exact) mass is 440 g/mol. The molecule has 0 bridgehead atoms.